The van der Waals surface area contributed by atoms with Crippen molar-refractivity contribution in [1.82, 2.24) is 37.2 Å². The first-order valence-corrected chi connectivity index (χ1v) is 17.7. The highest BCUT2D eigenvalue weighted by atomic mass is 16.2. The molecule has 0 radical (unpaired) electrons. The predicted octanol–water partition coefficient (Wildman–Crippen LogP) is -3.41. The van der Waals surface area contributed by atoms with Crippen LogP contribution in [-0.2, 0) is 43.2 Å². The Kier molecular flexibility index (Phi) is 20.6. The highest BCUT2D eigenvalue weighted by molar-refractivity contribution is 5.94. The molecule has 0 aliphatic carbocycles. The van der Waals surface area contributed by atoms with Crippen LogP contribution in [0, 0.1) is 17.3 Å². The average molecular weight is 755 g/mol. The second-order valence-corrected chi connectivity index (χ2v) is 14.4. The minimum absolute atomic E-state index is 0.0867. The Morgan fingerprint density at radius 2 is 0.679 bits per heavy atom. The van der Waals surface area contributed by atoms with Gasteiger partial charge in [-0.1, -0.05) is 20.8 Å². The number of carbonyl (C=O) groups is 9. The van der Waals surface area contributed by atoms with Crippen molar-refractivity contribution in [2.75, 3.05) is 19.6 Å². The van der Waals surface area contributed by atoms with E-state index in [4.69, 9.17) is 17.2 Å². The minimum atomic E-state index is -1.04. The van der Waals surface area contributed by atoms with Crippen LogP contribution in [0.15, 0.2) is 0 Å². The molecule has 7 amide bonds. The predicted molar refractivity (Wildman–Crippen MR) is 196 cm³/mol. The van der Waals surface area contributed by atoms with Gasteiger partial charge in [-0.05, 0) is 48.5 Å². The molecule has 13 N–H and O–H groups in total. The van der Waals surface area contributed by atoms with Crippen LogP contribution in [0.3, 0.4) is 0 Å². The molecule has 19 heteroatoms. The smallest absolute Gasteiger partial charge is 0.242 e. The standard InChI is InChI=1S/C34H62N10O9/c1-16(11-25(45)21(6)41-29(49)18(3)35)27(47)38-13-34(10,14-39-28(48)17(2)12-26(46)22(7)42-30(50)19(4)36)15-40-32(52)23(8)44-33(53)24(9)43-31(51)20(5)37/h16-24H,11-15,35-37H2,1-10H3,(H,38,47)(H,39,48)(H,40,52)(H,41,49)(H,42,50)(H,43,51)(H,44,53). The topological polar surface area (TPSA) is 316 Å². The first-order valence-electron chi connectivity index (χ1n) is 17.7. The molecule has 0 aliphatic heterocycles. The monoisotopic (exact) mass is 754 g/mol. The molecule has 0 bridgehead atoms. The van der Waals surface area contributed by atoms with Gasteiger partial charge in [-0.15, -0.1) is 0 Å². The lowest BCUT2D eigenvalue weighted by molar-refractivity contribution is -0.132. The van der Waals surface area contributed by atoms with Crippen molar-refractivity contribution in [2.45, 2.75) is 124 Å². The van der Waals surface area contributed by atoms with Crippen LogP contribution in [-0.4, -0.2) is 115 Å². The Balaban J connectivity index is 5.70. The Hall–Kier alpha value is -4.49. The molecule has 0 spiro atoms. The number of rotatable bonds is 23. The Morgan fingerprint density at radius 3 is 1.00 bits per heavy atom. The second-order valence-electron chi connectivity index (χ2n) is 14.4. The molecular formula is C34H62N10O9. The van der Waals surface area contributed by atoms with E-state index in [9.17, 15) is 43.2 Å². The Labute approximate surface area is 311 Å². The molecule has 0 saturated carbocycles. The molecule has 53 heavy (non-hydrogen) atoms. The summed E-state index contributed by atoms with van der Waals surface area (Å²) in [6, 6.07) is -6.25. The number of Topliss-reactive ketones (excluding diaryl/α,β-unsaturated/α-hetero) is 2. The van der Waals surface area contributed by atoms with E-state index in [1.54, 1.807) is 6.92 Å². The van der Waals surface area contributed by atoms with E-state index in [-0.39, 0.29) is 44.0 Å². The minimum Gasteiger partial charge on any atom is -0.355 e. The first-order chi connectivity index (χ1) is 24.3. The van der Waals surface area contributed by atoms with Gasteiger partial charge in [0.15, 0.2) is 11.6 Å². The van der Waals surface area contributed by atoms with E-state index in [1.165, 1.54) is 62.3 Å². The maximum absolute atomic E-state index is 13.1. The van der Waals surface area contributed by atoms with Crippen LogP contribution < -0.4 is 54.4 Å². The number of amides is 7. The van der Waals surface area contributed by atoms with E-state index in [0.29, 0.717) is 0 Å². The summed E-state index contributed by atoms with van der Waals surface area (Å²) in [5.41, 5.74) is 15.6. The van der Waals surface area contributed by atoms with Gasteiger partial charge >= 0.3 is 0 Å². The van der Waals surface area contributed by atoms with E-state index in [2.05, 4.69) is 37.2 Å². The summed E-state index contributed by atoms with van der Waals surface area (Å²) in [5, 5.41) is 18.1. The van der Waals surface area contributed by atoms with Crippen LogP contribution in [0.5, 0.6) is 0 Å². The largest absolute Gasteiger partial charge is 0.355 e. The molecular weight excluding hydrogens is 692 g/mol. The number of hydrogen-bond acceptors (Lipinski definition) is 12. The van der Waals surface area contributed by atoms with Crippen molar-refractivity contribution >= 4 is 52.9 Å². The zero-order valence-corrected chi connectivity index (χ0v) is 32.6. The van der Waals surface area contributed by atoms with Crippen molar-refractivity contribution in [2.24, 2.45) is 34.5 Å². The molecule has 0 fully saturated rings. The van der Waals surface area contributed by atoms with Gasteiger partial charge < -0.3 is 54.4 Å². The highest BCUT2D eigenvalue weighted by Crippen LogP contribution is 2.16. The average Bonchev–Trinajstić information content (AvgIpc) is 3.07. The van der Waals surface area contributed by atoms with Crippen LogP contribution in [0.25, 0.3) is 0 Å². The third kappa shape index (κ3) is 18.2. The number of ketones is 2. The maximum Gasteiger partial charge on any atom is 0.242 e. The normalized spacial score (nSPS) is 17.3. The Morgan fingerprint density at radius 1 is 0.415 bits per heavy atom. The highest BCUT2D eigenvalue weighted by Gasteiger charge is 2.31. The van der Waals surface area contributed by atoms with Gasteiger partial charge in [-0.3, -0.25) is 43.2 Å². The summed E-state index contributed by atoms with van der Waals surface area (Å²) in [5.74, 6) is -6.19. The van der Waals surface area contributed by atoms with E-state index in [1.807, 2.05) is 0 Å². The molecule has 0 aromatic carbocycles. The fraction of sp³-hybridized carbons (Fsp3) is 0.735. The summed E-state index contributed by atoms with van der Waals surface area (Å²) in [4.78, 5) is 113. The van der Waals surface area contributed by atoms with Crippen molar-refractivity contribution in [3.63, 3.8) is 0 Å². The molecule has 0 aliphatic rings. The molecule has 19 nitrogen and oxygen atoms in total. The molecule has 0 saturated heterocycles. The summed E-state index contributed by atoms with van der Waals surface area (Å²) < 4.78 is 0. The fourth-order valence-electron chi connectivity index (χ4n) is 4.40. The molecule has 0 rings (SSSR count). The first kappa shape index (κ1) is 48.5. The van der Waals surface area contributed by atoms with E-state index >= 15 is 0 Å². The molecule has 9 atom stereocenters. The van der Waals surface area contributed by atoms with Crippen LogP contribution in [0.4, 0.5) is 0 Å². The lowest BCUT2D eigenvalue weighted by Gasteiger charge is -2.32. The molecule has 302 valence electrons. The summed E-state index contributed by atoms with van der Waals surface area (Å²) in [7, 11) is 0. The maximum atomic E-state index is 13.1. The summed E-state index contributed by atoms with van der Waals surface area (Å²) >= 11 is 0. The number of carbonyl (C=O) groups excluding carboxylic acids is 9. The second kappa shape index (κ2) is 22.5. The van der Waals surface area contributed by atoms with E-state index < -0.39 is 101 Å². The van der Waals surface area contributed by atoms with Crippen LogP contribution >= 0.6 is 0 Å². The van der Waals surface area contributed by atoms with Crippen LogP contribution in [0.2, 0.25) is 0 Å². The molecule has 0 aromatic heterocycles. The van der Waals surface area contributed by atoms with Crippen molar-refractivity contribution in [1.29, 1.82) is 0 Å². The summed E-state index contributed by atoms with van der Waals surface area (Å²) in [6.07, 6.45) is -0.378. The number of hydrogen-bond donors (Lipinski definition) is 10. The molecule has 0 heterocycles. The lowest BCUT2D eigenvalue weighted by atomic mass is 9.89. The number of nitrogens with one attached hydrogen (secondary N) is 7. The lowest BCUT2D eigenvalue weighted by Crippen LogP contribution is -2.56. The van der Waals surface area contributed by atoms with Crippen molar-refractivity contribution < 1.29 is 43.2 Å². The van der Waals surface area contributed by atoms with Gasteiger partial charge in [-0.25, -0.2) is 0 Å². The van der Waals surface area contributed by atoms with Gasteiger partial charge in [0.05, 0.1) is 30.2 Å². The quantitative estimate of drug-likeness (QED) is 0.0488. The SMILES string of the molecule is CC(N)C(=O)NC(C)C(=O)CC(C)C(=O)NCC(C)(CNC(=O)C(C)CC(=O)C(C)NC(=O)C(C)N)CNC(=O)C(C)NC(=O)C(C)NC(=O)C(C)N. The van der Waals surface area contributed by atoms with Gasteiger partial charge in [0.1, 0.15) is 12.1 Å². The third-order valence-corrected chi connectivity index (χ3v) is 8.41. The van der Waals surface area contributed by atoms with Gasteiger partial charge in [0.2, 0.25) is 41.4 Å². The number of nitrogens with two attached hydrogens (primary N) is 3. The van der Waals surface area contributed by atoms with Crippen molar-refractivity contribution in [3.05, 3.63) is 0 Å². The fourth-order valence-corrected chi connectivity index (χ4v) is 4.40. The third-order valence-electron chi connectivity index (χ3n) is 8.41. The molecule has 0 aromatic rings. The summed E-state index contributed by atoms with van der Waals surface area (Å²) in [6.45, 7) is 14.7. The van der Waals surface area contributed by atoms with Gasteiger partial charge in [0.25, 0.3) is 0 Å². The zero-order chi connectivity index (χ0) is 41.4. The zero-order valence-electron chi connectivity index (χ0n) is 32.6. The Bertz CT molecular complexity index is 1180. The van der Waals surface area contributed by atoms with Crippen molar-refractivity contribution in [3.8, 4) is 0 Å². The van der Waals surface area contributed by atoms with Gasteiger partial charge in [-0.2, -0.15) is 0 Å². The molecule has 9 unspecified atom stereocenters. The van der Waals surface area contributed by atoms with Gasteiger partial charge in [0, 0.05) is 49.7 Å². The van der Waals surface area contributed by atoms with Crippen LogP contribution in [0.1, 0.15) is 82.1 Å². The van der Waals surface area contributed by atoms with E-state index in [0.717, 1.165) is 0 Å².